The van der Waals surface area contributed by atoms with Crippen LogP contribution in [0.25, 0.3) is 0 Å². The van der Waals surface area contributed by atoms with Gasteiger partial charge in [-0.15, -0.1) is 0 Å². The first kappa shape index (κ1) is 8.10. The van der Waals surface area contributed by atoms with E-state index in [0.29, 0.717) is 0 Å². The van der Waals surface area contributed by atoms with Crippen LogP contribution in [-0.2, 0) is 0 Å². The second-order valence-electron chi connectivity index (χ2n) is 4.16. The Morgan fingerprint density at radius 3 is 3.17 bits per heavy atom. The van der Waals surface area contributed by atoms with Gasteiger partial charge >= 0.3 is 0 Å². The summed E-state index contributed by atoms with van der Waals surface area (Å²) in [6.45, 7) is 4.67. The Morgan fingerprint density at radius 1 is 1.58 bits per heavy atom. The van der Waals surface area contributed by atoms with E-state index in [2.05, 4.69) is 26.0 Å². The summed E-state index contributed by atoms with van der Waals surface area (Å²) in [4.78, 5) is 0. The predicted octanol–water partition coefficient (Wildman–Crippen LogP) is 3.70. The topological polar surface area (TPSA) is 0 Å². The second-order valence-corrected chi connectivity index (χ2v) is 4.16. The van der Waals surface area contributed by atoms with Crippen LogP contribution in [0.1, 0.15) is 39.5 Å². The van der Waals surface area contributed by atoms with Gasteiger partial charge in [-0.2, -0.15) is 0 Å². The summed E-state index contributed by atoms with van der Waals surface area (Å²) in [5.74, 6) is 1.74. The van der Waals surface area contributed by atoms with Crippen molar-refractivity contribution in [2.45, 2.75) is 39.5 Å². The predicted molar refractivity (Wildman–Crippen MR) is 53.0 cm³/mol. The summed E-state index contributed by atoms with van der Waals surface area (Å²) in [5.41, 5.74) is 3.46. The van der Waals surface area contributed by atoms with Crippen LogP contribution in [0, 0.1) is 11.8 Å². The lowest BCUT2D eigenvalue weighted by atomic mass is 9.95. The van der Waals surface area contributed by atoms with E-state index in [4.69, 9.17) is 0 Å². The smallest absolute Gasteiger partial charge is 0.0125 e. The molecule has 0 aromatic carbocycles. The highest BCUT2D eigenvalue weighted by Gasteiger charge is 2.27. The van der Waals surface area contributed by atoms with Crippen LogP contribution < -0.4 is 0 Å². The van der Waals surface area contributed by atoms with Crippen LogP contribution in [0.3, 0.4) is 0 Å². The Hall–Kier alpha value is -0.520. The number of fused-ring (bicyclic) bond motifs is 1. The van der Waals surface area contributed by atoms with Gasteiger partial charge in [0.1, 0.15) is 0 Å². The van der Waals surface area contributed by atoms with Crippen LogP contribution >= 0.6 is 0 Å². The zero-order valence-electron chi connectivity index (χ0n) is 8.14. The zero-order valence-corrected chi connectivity index (χ0v) is 8.14. The van der Waals surface area contributed by atoms with Gasteiger partial charge < -0.3 is 0 Å². The van der Waals surface area contributed by atoms with E-state index in [0.717, 1.165) is 11.8 Å². The fourth-order valence-corrected chi connectivity index (χ4v) is 2.52. The Kier molecular flexibility index (Phi) is 2.08. The van der Waals surface area contributed by atoms with Gasteiger partial charge in [-0.1, -0.05) is 31.6 Å². The van der Waals surface area contributed by atoms with Crippen molar-refractivity contribution in [3.63, 3.8) is 0 Å². The largest absolute Gasteiger partial charge is 0.0836 e. The molecule has 0 N–H and O–H groups in total. The molecule has 2 aliphatic rings. The van der Waals surface area contributed by atoms with E-state index in [1.807, 2.05) is 0 Å². The van der Waals surface area contributed by atoms with Crippen molar-refractivity contribution in [1.82, 2.24) is 0 Å². The molecule has 0 saturated heterocycles. The lowest BCUT2D eigenvalue weighted by Crippen LogP contribution is -1.96. The second kappa shape index (κ2) is 3.08. The highest BCUT2D eigenvalue weighted by Crippen LogP contribution is 2.42. The van der Waals surface area contributed by atoms with Crippen molar-refractivity contribution in [3.8, 4) is 0 Å². The summed E-state index contributed by atoms with van der Waals surface area (Å²) < 4.78 is 0. The minimum absolute atomic E-state index is 0.827. The minimum Gasteiger partial charge on any atom is -0.0836 e. The molecule has 0 fully saturated rings. The first-order valence-electron chi connectivity index (χ1n) is 5.22. The quantitative estimate of drug-likeness (QED) is 0.580. The molecule has 2 rings (SSSR count). The molecule has 2 unspecified atom stereocenters. The van der Waals surface area contributed by atoms with Crippen molar-refractivity contribution in [3.05, 3.63) is 23.3 Å². The first-order valence-corrected chi connectivity index (χ1v) is 5.22. The fraction of sp³-hybridized carbons (Fsp3) is 0.667. The maximum atomic E-state index is 2.37. The molecular formula is C12H18. The van der Waals surface area contributed by atoms with Gasteiger partial charge in [0, 0.05) is 0 Å². The molecule has 0 heteroatoms. The van der Waals surface area contributed by atoms with Crippen molar-refractivity contribution >= 4 is 0 Å². The van der Waals surface area contributed by atoms with Gasteiger partial charge in [0.25, 0.3) is 0 Å². The summed E-state index contributed by atoms with van der Waals surface area (Å²) in [5, 5.41) is 0. The van der Waals surface area contributed by atoms with Crippen LogP contribution in [0.5, 0.6) is 0 Å². The molecule has 12 heavy (non-hydrogen) atoms. The van der Waals surface area contributed by atoms with Gasteiger partial charge in [0.05, 0.1) is 0 Å². The number of hydrogen-bond donors (Lipinski definition) is 0. The van der Waals surface area contributed by atoms with Crippen LogP contribution in [0.2, 0.25) is 0 Å². The third-order valence-corrected chi connectivity index (χ3v) is 3.50. The lowest BCUT2D eigenvalue weighted by Gasteiger charge is -2.11. The monoisotopic (exact) mass is 162 g/mol. The highest BCUT2D eigenvalue weighted by molar-refractivity contribution is 5.37. The van der Waals surface area contributed by atoms with Gasteiger partial charge in [0.2, 0.25) is 0 Å². The molecule has 0 aromatic heterocycles. The third-order valence-electron chi connectivity index (χ3n) is 3.50. The van der Waals surface area contributed by atoms with E-state index in [-0.39, 0.29) is 0 Å². The molecule has 0 heterocycles. The standard InChI is InChI=1S/C12H18/c1-3-9(2)11-8-7-10-5-4-6-12(10)11/h4,6,9-10H,3,5,7-8H2,1-2H3. The summed E-state index contributed by atoms with van der Waals surface area (Å²) in [6, 6.07) is 0. The molecular weight excluding hydrogens is 144 g/mol. The molecule has 0 aromatic rings. The lowest BCUT2D eigenvalue weighted by molar-refractivity contribution is 0.612. The maximum absolute atomic E-state index is 2.37. The van der Waals surface area contributed by atoms with Gasteiger partial charge in [-0.05, 0) is 43.1 Å². The summed E-state index contributed by atoms with van der Waals surface area (Å²) >= 11 is 0. The van der Waals surface area contributed by atoms with Crippen molar-refractivity contribution in [2.24, 2.45) is 11.8 Å². The molecule has 0 spiro atoms. The number of rotatable bonds is 2. The minimum atomic E-state index is 0.827. The SMILES string of the molecule is CCC(C)C1=C2C=CCC2CC1. The summed E-state index contributed by atoms with van der Waals surface area (Å²) in [6.07, 6.45) is 10.1. The maximum Gasteiger partial charge on any atom is -0.0125 e. The number of hydrogen-bond acceptors (Lipinski definition) is 0. The van der Waals surface area contributed by atoms with E-state index in [9.17, 15) is 0 Å². The van der Waals surface area contributed by atoms with Gasteiger partial charge in [0.15, 0.2) is 0 Å². The van der Waals surface area contributed by atoms with Crippen molar-refractivity contribution in [1.29, 1.82) is 0 Å². The van der Waals surface area contributed by atoms with Crippen LogP contribution in [0.4, 0.5) is 0 Å². The highest BCUT2D eigenvalue weighted by atomic mass is 14.3. The van der Waals surface area contributed by atoms with Crippen molar-refractivity contribution in [2.75, 3.05) is 0 Å². The molecule has 2 aliphatic carbocycles. The zero-order chi connectivity index (χ0) is 8.55. The normalized spacial score (nSPS) is 29.7. The van der Waals surface area contributed by atoms with E-state index in [1.54, 1.807) is 11.1 Å². The molecule has 0 radical (unpaired) electrons. The molecule has 0 saturated carbocycles. The van der Waals surface area contributed by atoms with Gasteiger partial charge in [-0.3, -0.25) is 0 Å². The number of allylic oxidation sites excluding steroid dienone is 4. The molecule has 0 amide bonds. The first-order chi connectivity index (χ1) is 5.83. The van der Waals surface area contributed by atoms with E-state index in [1.165, 1.54) is 25.7 Å². The van der Waals surface area contributed by atoms with Gasteiger partial charge in [-0.25, -0.2) is 0 Å². The Labute approximate surface area is 75.4 Å². The van der Waals surface area contributed by atoms with Crippen LogP contribution in [0.15, 0.2) is 23.3 Å². The Balaban J connectivity index is 2.23. The Bertz CT molecular complexity index is 232. The summed E-state index contributed by atoms with van der Waals surface area (Å²) in [7, 11) is 0. The van der Waals surface area contributed by atoms with E-state index < -0.39 is 0 Å². The van der Waals surface area contributed by atoms with Crippen molar-refractivity contribution < 1.29 is 0 Å². The fourth-order valence-electron chi connectivity index (χ4n) is 2.52. The molecule has 66 valence electrons. The molecule has 2 atom stereocenters. The van der Waals surface area contributed by atoms with Crippen LogP contribution in [-0.4, -0.2) is 0 Å². The molecule has 0 bridgehead atoms. The molecule has 0 nitrogen and oxygen atoms in total. The molecule has 0 aliphatic heterocycles. The average Bonchev–Trinajstić information content (AvgIpc) is 2.62. The van der Waals surface area contributed by atoms with E-state index >= 15 is 0 Å². The third kappa shape index (κ3) is 1.14. The Morgan fingerprint density at radius 2 is 2.42 bits per heavy atom. The average molecular weight is 162 g/mol.